The van der Waals surface area contributed by atoms with Gasteiger partial charge in [-0.1, -0.05) is 0 Å². The van der Waals surface area contributed by atoms with E-state index >= 15 is 0 Å². The Hall–Kier alpha value is -1.96. The summed E-state index contributed by atoms with van der Waals surface area (Å²) in [5.41, 5.74) is 4.68. The number of amides is 1. The molecule has 1 aromatic rings. The normalized spacial score (nSPS) is 11.4. The van der Waals surface area contributed by atoms with Crippen LogP contribution in [0.2, 0.25) is 0 Å². The smallest absolute Gasteiger partial charge is 0.279 e. The van der Waals surface area contributed by atoms with Gasteiger partial charge in [0, 0.05) is 13.1 Å². The van der Waals surface area contributed by atoms with Gasteiger partial charge in [0.15, 0.2) is 22.8 Å². The van der Waals surface area contributed by atoms with Gasteiger partial charge in [0.05, 0.1) is 0 Å². The van der Waals surface area contributed by atoms with Gasteiger partial charge >= 0.3 is 0 Å². The number of halogens is 2. The van der Waals surface area contributed by atoms with Crippen molar-refractivity contribution in [1.29, 1.82) is 0 Å². The molecule has 0 aliphatic carbocycles. The first kappa shape index (κ1) is 15.1. The largest absolute Gasteiger partial charge is 0.478 e. The average Bonchev–Trinajstić information content (AvgIpc) is 2.38. The molecule has 0 bridgehead atoms. The van der Waals surface area contributed by atoms with Gasteiger partial charge in [-0.3, -0.25) is 15.6 Å². The highest BCUT2D eigenvalue weighted by Crippen LogP contribution is 2.18. The van der Waals surface area contributed by atoms with Crippen LogP contribution in [0.25, 0.3) is 0 Å². The van der Waals surface area contributed by atoms with Crippen LogP contribution < -0.4 is 20.9 Å². The molecule has 1 amide bonds. The van der Waals surface area contributed by atoms with Crippen molar-refractivity contribution in [2.24, 2.45) is 0 Å². The van der Waals surface area contributed by atoms with E-state index < -0.39 is 23.6 Å². The maximum Gasteiger partial charge on any atom is 0.279 e. The number of carbonyl (C=O) groups excluding carboxylic acids is 1. The third-order valence-corrected chi connectivity index (χ3v) is 2.40. The molecule has 5 nitrogen and oxygen atoms in total. The summed E-state index contributed by atoms with van der Waals surface area (Å²) in [6.07, 6.45) is -0.980. The number of ether oxygens (including phenoxy) is 1. The van der Waals surface area contributed by atoms with Crippen LogP contribution in [0.3, 0.4) is 0 Å². The zero-order valence-corrected chi connectivity index (χ0v) is 11.1. The molecule has 1 aromatic carbocycles. The maximum atomic E-state index is 13.3. The molecule has 1 rings (SSSR count). The molecule has 0 unspecified atom stereocenters. The Morgan fingerprint density at radius 2 is 2.05 bits per heavy atom. The monoisotopic (exact) mass is 289 g/mol. The molecule has 1 atom stereocenters. The van der Waals surface area contributed by atoms with E-state index in [9.17, 15) is 13.6 Å². The van der Waals surface area contributed by atoms with Gasteiger partial charge in [-0.15, -0.1) is 0 Å². The topological polar surface area (TPSA) is 62.4 Å². The van der Waals surface area contributed by atoms with E-state index in [0.717, 1.165) is 12.1 Å². The van der Waals surface area contributed by atoms with E-state index in [1.54, 1.807) is 7.05 Å². The van der Waals surface area contributed by atoms with Crippen LogP contribution in [0.15, 0.2) is 18.2 Å². The fourth-order valence-electron chi connectivity index (χ4n) is 1.10. The van der Waals surface area contributed by atoms with Crippen LogP contribution in [0.5, 0.6) is 5.75 Å². The molecule has 0 aliphatic rings. The van der Waals surface area contributed by atoms with Crippen molar-refractivity contribution in [3.63, 3.8) is 0 Å². The van der Waals surface area contributed by atoms with E-state index in [-0.39, 0.29) is 10.9 Å². The van der Waals surface area contributed by atoms with Crippen molar-refractivity contribution < 1.29 is 18.3 Å². The summed E-state index contributed by atoms with van der Waals surface area (Å²) < 4.78 is 31.1. The maximum absolute atomic E-state index is 13.3. The number of hydrazine groups is 1. The van der Waals surface area contributed by atoms with Crippen molar-refractivity contribution in [2.75, 3.05) is 7.05 Å². The molecule has 0 spiro atoms. The molecule has 104 valence electrons. The van der Waals surface area contributed by atoms with Gasteiger partial charge in [0.25, 0.3) is 5.91 Å². The Balaban J connectivity index is 2.56. The highest BCUT2D eigenvalue weighted by atomic mass is 32.1. The van der Waals surface area contributed by atoms with Gasteiger partial charge in [0.1, 0.15) is 5.82 Å². The predicted molar refractivity (Wildman–Crippen MR) is 69.4 cm³/mol. The minimum atomic E-state index is -0.980. The fourth-order valence-corrected chi connectivity index (χ4v) is 1.15. The van der Waals surface area contributed by atoms with Crippen LogP contribution in [0.4, 0.5) is 8.78 Å². The summed E-state index contributed by atoms with van der Waals surface area (Å²) in [4.78, 5) is 11.6. The van der Waals surface area contributed by atoms with Crippen molar-refractivity contribution in [2.45, 2.75) is 13.0 Å². The first-order valence-corrected chi connectivity index (χ1v) is 5.74. The standard InChI is InChI=1S/C11H13F2N3O2S/c1-6(10(17)15-16-11(19)14-2)18-9-4-3-7(12)5-8(9)13/h3-6H,1-2H3,(H,15,17)(H2,14,16,19)/t6-/m0/s1. The lowest BCUT2D eigenvalue weighted by atomic mass is 10.3. The van der Waals surface area contributed by atoms with Crippen LogP contribution in [0.1, 0.15) is 6.92 Å². The second-order valence-corrected chi connectivity index (χ2v) is 3.94. The summed E-state index contributed by atoms with van der Waals surface area (Å²) in [6.45, 7) is 1.42. The quantitative estimate of drug-likeness (QED) is 0.569. The molecule has 0 saturated heterocycles. The minimum absolute atomic E-state index is 0.208. The third kappa shape index (κ3) is 4.66. The summed E-state index contributed by atoms with van der Waals surface area (Å²) in [7, 11) is 1.58. The number of hydrogen-bond acceptors (Lipinski definition) is 3. The van der Waals surface area contributed by atoms with Crippen molar-refractivity contribution in [3.05, 3.63) is 29.8 Å². The summed E-state index contributed by atoms with van der Waals surface area (Å²) in [5, 5.41) is 2.80. The molecule has 8 heteroatoms. The summed E-state index contributed by atoms with van der Waals surface area (Å²) in [5.74, 6) is -2.36. The Morgan fingerprint density at radius 3 is 2.63 bits per heavy atom. The lowest BCUT2D eigenvalue weighted by Crippen LogP contribution is -2.49. The number of nitrogens with one attached hydrogen (secondary N) is 3. The van der Waals surface area contributed by atoms with Gasteiger partial charge in [-0.05, 0) is 31.3 Å². The Labute approximate surface area is 114 Å². The van der Waals surface area contributed by atoms with E-state index in [0.29, 0.717) is 6.07 Å². The summed E-state index contributed by atoms with van der Waals surface area (Å²) >= 11 is 4.75. The van der Waals surface area contributed by atoms with E-state index in [1.807, 2.05) is 0 Å². The average molecular weight is 289 g/mol. The molecule has 0 radical (unpaired) electrons. The highest BCUT2D eigenvalue weighted by Gasteiger charge is 2.16. The van der Waals surface area contributed by atoms with E-state index in [1.165, 1.54) is 6.92 Å². The molecule has 0 aromatic heterocycles. The predicted octanol–water partition coefficient (Wildman–Crippen LogP) is 0.857. The number of hydrogen-bond donors (Lipinski definition) is 3. The van der Waals surface area contributed by atoms with E-state index in [4.69, 9.17) is 17.0 Å². The SMILES string of the molecule is CNC(=S)NNC(=O)[C@H](C)Oc1ccc(F)cc1F. The van der Waals surface area contributed by atoms with Gasteiger partial charge in [-0.25, -0.2) is 8.78 Å². The first-order chi connectivity index (χ1) is 8.93. The lowest BCUT2D eigenvalue weighted by Gasteiger charge is -2.16. The second kappa shape index (κ2) is 6.83. The van der Waals surface area contributed by atoms with Gasteiger partial charge in [-0.2, -0.15) is 0 Å². The molecule has 0 fully saturated rings. The van der Waals surface area contributed by atoms with Crippen molar-refractivity contribution in [1.82, 2.24) is 16.2 Å². The number of benzene rings is 1. The lowest BCUT2D eigenvalue weighted by molar-refractivity contribution is -0.127. The van der Waals surface area contributed by atoms with Gasteiger partial charge in [0.2, 0.25) is 0 Å². The van der Waals surface area contributed by atoms with Gasteiger partial charge < -0.3 is 10.1 Å². The fraction of sp³-hybridized carbons (Fsp3) is 0.273. The summed E-state index contributed by atoms with van der Waals surface area (Å²) in [6, 6.07) is 2.83. The first-order valence-electron chi connectivity index (χ1n) is 5.33. The van der Waals surface area contributed by atoms with Crippen LogP contribution in [-0.2, 0) is 4.79 Å². The zero-order chi connectivity index (χ0) is 14.4. The Bertz CT molecular complexity index is 485. The van der Waals surface area contributed by atoms with Crippen LogP contribution in [0, 0.1) is 11.6 Å². The van der Waals surface area contributed by atoms with Crippen LogP contribution >= 0.6 is 12.2 Å². The van der Waals surface area contributed by atoms with E-state index in [2.05, 4.69) is 16.2 Å². The molecule has 19 heavy (non-hydrogen) atoms. The molecule has 3 N–H and O–H groups in total. The second-order valence-electron chi connectivity index (χ2n) is 3.53. The minimum Gasteiger partial charge on any atom is -0.478 e. The molecule has 0 saturated carbocycles. The molecule has 0 heterocycles. The molecule has 0 aliphatic heterocycles. The number of carbonyl (C=O) groups is 1. The van der Waals surface area contributed by atoms with Crippen molar-refractivity contribution in [3.8, 4) is 5.75 Å². The zero-order valence-electron chi connectivity index (χ0n) is 10.3. The third-order valence-electron chi connectivity index (χ3n) is 2.09. The molecular weight excluding hydrogens is 276 g/mol. The van der Waals surface area contributed by atoms with Crippen molar-refractivity contribution >= 4 is 23.2 Å². The number of thiocarbonyl (C=S) groups is 1. The Kier molecular flexibility index (Phi) is 5.43. The highest BCUT2D eigenvalue weighted by molar-refractivity contribution is 7.80. The number of rotatable bonds is 3. The van der Waals surface area contributed by atoms with Crippen LogP contribution in [-0.4, -0.2) is 24.2 Å². The Morgan fingerprint density at radius 1 is 1.37 bits per heavy atom. The molecular formula is C11H13F2N3O2S.